The zero-order valence-electron chi connectivity index (χ0n) is 24.1. The first-order valence-corrected chi connectivity index (χ1v) is 13.2. The van der Waals surface area contributed by atoms with E-state index in [1.165, 1.54) is 0 Å². The lowest BCUT2D eigenvalue weighted by Gasteiger charge is -2.26. The summed E-state index contributed by atoms with van der Waals surface area (Å²) in [6.07, 6.45) is 3.38. The van der Waals surface area contributed by atoms with Crippen LogP contribution < -0.4 is 0 Å². The fourth-order valence-corrected chi connectivity index (χ4v) is 3.97. The van der Waals surface area contributed by atoms with Gasteiger partial charge in [-0.25, -0.2) is 9.38 Å². The topological polar surface area (TPSA) is 41.9 Å². The number of fused-ring (bicyclic) bond motifs is 1. The van der Waals surface area contributed by atoms with Crippen LogP contribution in [0.5, 0.6) is 0 Å². The van der Waals surface area contributed by atoms with Crippen LogP contribution in [0.2, 0.25) is 0 Å². The van der Waals surface area contributed by atoms with Gasteiger partial charge < -0.3 is 9.64 Å². The van der Waals surface area contributed by atoms with Crippen molar-refractivity contribution in [3.05, 3.63) is 89.0 Å². The van der Waals surface area contributed by atoms with Crippen LogP contribution in [0.4, 0.5) is 23.2 Å². The molecule has 1 aliphatic rings. The van der Waals surface area contributed by atoms with Crippen LogP contribution in [-0.2, 0) is 15.7 Å². The monoisotopic (exact) mass is 558 g/mol. The smallest absolute Gasteiger partial charge is 0.419 e. The minimum absolute atomic E-state index is 0.0306. The lowest BCUT2D eigenvalue weighted by molar-refractivity contribution is -0.153. The first-order valence-electron chi connectivity index (χ1n) is 13.2. The van der Waals surface area contributed by atoms with E-state index in [9.17, 15) is 22.4 Å². The number of ether oxygens (including phenoxy) is 1. The number of esters is 1. The number of aliphatic imine (C=N–C) groups is 1. The largest absolute Gasteiger partial charge is 0.460 e. The molecule has 0 spiro atoms. The number of carbonyl (C=O) groups excluding carboxylic acids is 1. The van der Waals surface area contributed by atoms with Crippen molar-refractivity contribution >= 4 is 23.1 Å². The number of hydrogen-bond donors (Lipinski definition) is 0. The number of allylic oxidation sites excluding steroid dienone is 4. The summed E-state index contributed by atoms with van der Waals surface area (Å²) in [5, 5.41) is 0. The molecule has 0 unspecified atom stereocenters. The van der Waals surface area contributed by atoms with Gasteiger partial charge in [0.1, 0.15) is 17.3 Å². The van der Waals surface area contributed by atoms with Gasteiger partial charge in [-0.2, -0.15) is 13.2 Å². The molecule has 40 heavy (non-hydrogen) atoms. The molecule has 2 rings (SSSR count). The summed E-state index contributed by atoms with van der Waals surface area (Å²) in [4.78, 5) is 18.7. The summed E-state index contributed by atoms with van der Waals surface area (Å²) in [5.41, 5.74) is 3.62. The fourth-order valence-electron chi connectivity index (χ4n) is 3.97. The lowest BCUT2D eigenvalue weighted by atomic mass is 10.00. The van der Waals surface area contributed by atoms with E-state index >= 15 is 0 Å². The molecule has 0 atom stereocenters. The lowest BCUT2D eigenvalue weighted by Crippen LogP contribution is -2.33. The molecule has 0 saturated heterocycles. The number of alkyl halides is 3. The van der Waals surface area contributed by atoms with Crippen molar-refractivity contribution in [2.24, 2.45) is 4.99 Å². The van der Waals surface area contributed by atoms with Crippen molar-refractivity contribution < 1.29 is 27.1 Å². The van der Waals surface area contributed by atoms with Gasteiger partial charge in [-0.1, -0.05) is 44.4 Å². The van der Waals surface area contributed by atoms with Crippen molar-refractivity contribution in [3.63, 3.8) is 0 Å². The molecule has 0 N–H and O–H groups in total. The Labute approximate surface area is 234 Å². The molecule has 1 aromatic carbocycles. The second kappa shape index (κ2) is 13.6. The molecular formula is C32H38F4N2O2. The third-order valence-corrected chi connectivity index (χ3v) is 5.87. The number of amidine groups is 1. The van der Waals surface area contributed by atoms with Gasteiger partial charge in [0, 0.05) is 30.3 Å². The maximum atomic E-state index is 14.7. The van der Waals surface area contributed by atoms with Gasteiger partial charge in [0.2, 0.25) is 0 Å². The quantitative estimate of drug-likeness (QED) is 0.145. The minimum atomic E-state index is -4.88. The zero-order chi connectivity index (χ0) is 30.3. The number of benzene rings is 1. The zero-order valence-corrected chi connectivity index (χ0v) is 24.1. The Bertz CT molecular complexity index is 1300. The number of hydrogen-bond acceptors (Lipinski definition) is 4. The van der Waals surface area contributed by atoms with Gasteiger partial charge in [-0.15, -0.1) is 5.73 Å². The Hall–Kier alpha value is -3.64. The average molecular weight is 559 g/mol. The number of rotatable bonds is 7. The molecule has 1 heterocycles. The van der Waals surface area contributed by atoms with Crippen LogP contribution in [0.15, 0.2) is 77.0 Å². The predicted molar refractivity (Wildman–Crippen MR) is 154 cm³/mol. The molecule has 216 valence electrons. The Balaban J connectivity index is 2.57. The molecule has 0 fully saturated rings. The third kappa shape index (κ3) is 9.53. The van der Waals surface area contributed by atoms with E-state index < -0.39 is 23.2 Å². The first kappa shape index (κ1) is 32.6. The summed E-state index contributed by atoms with van der Waals surface area (Å²) in [6.45, 7) is 20.1. The van der Waals surface area contributed by atoms with E-state index in [1.54, 1.807) is 45.9 Å². The maximum Gasteiger partial charge on any atom is 0.419 e. The summed E-state index contributed by atoms with van der Waals surface area (Å²) in [5.74, 6) is -1.29. The molecule has 0 radical (unpaired) electrons. The molecule has 0 amide bonds. The highest BCUT2D eigenvalue weighted by atomic mass is 19.4. The van der Waals surface area contributed by atoms with E-state index in [1.807, 2.05) is 24.8 Å². The summed E-state index contributed by atoms with van der Waals surface area (Å²) in [6, 6.07) is 1.56. The van der Waals surface area contributed by atoms with Crippen LogP contribution >= 0.6 is 0 Å². The highest BCUT2D eigenvalue weighted by Crippen LogP contribution is 2.38. The van der Waals surface area contributed by atoms with Crippen molar-refractivity contribution in [1.29, 1.82) is 0 Å². The Morgan fingerprint density at radius 1 is 1.05 bits per heavy atom. The molecule has 0 aliphatic carbocycles. The number of carbonyl (C=O) groups is 1. The second-order valence-electron chi connectivity index (χ2n) is 10.6. The van der Waals surface area contributed by atoms with E-state index in [-0.39, 0.29) is 29.2 Å². The molecule has 4 nitrogen and oxygen atoms in total. The predicted octanol–water partition coefficient (Wildman–Crippen LogP) is 8.90. The number of halogens is 4. The van der Waals surface area contributed by atoms with Crippen molar-refractivity contribution in [1.82, 2.24) is 4.90 Å². The average Bonchev–Trinajstić information content (AvgIpc) is 2.83. The first-order chi connectivity index (χ1) is 18.5. The Kier molecular flexibility index (Phi) is 11.1. The summed E-state index contributed by atoms with van der Waals surface area (Å²) >= 11 is 0. The van der Waals surface area contributed by atoms with E-state index in [4.69, 9.17) is 9.73 Å². The molecule has 1 aromatic rings. The highest BCUT2D eigenvalue weighted by Gasteiger charge is 2.35. The minimum Gasteiger partial charge on any atom is -0.460 e. The highest BCUT2D eigenvalue weighted by molar-refractivity contribution is 6.00. The van der Waals surface area contributed by atoms with Crippen molar-refractivity contribution in [2.75, 3.05) is 13.1 Å². The molecule has 0 bridgehead atoms. The molecular weight excluding hydrogens is 520 g/mol. The SMILES string of the molecule is C=C1C=CC(=C)c2cc(C(F)(F)F)c(F)cc2N=C(N(CCC)CCC=CCC(=O)OC(C)(C)C)C(C)=C=C1C. The van der Waals surface area contributed by atoms with Crippen LogP contribution in [0.25, 0.3) is 5.57 Å². The third-order valence-electron chi connectivity index (χ3n) is 5.87. The van der Waals surface area contributed by atoms with Crippen molar-refractivity contribution in [3.8, 4) is 0 Å². The molecule has 8 heteroatoms. The van der Waals surface area contributed by atoms with Gasteiger partial charge in [-0.3, -0.25) is 4.79 Å². The van der Waals surface area contributed by atoms with Gasteiger partial charge in [0.05, 0.1) is 17.7 Å². The van der Waals surface area contributed by atoms with Crippen LogP contribution in [0, 0.1) is 5.82 Å². The van der Waals surface area contributed by atoms with Gasteiger partial charge in [-0.05, 0) is 70.2 Å². The van der Waals surface area contributed by atoms with Crippen LogP contribution in [0.1, 0.15) is 71.9 Å². The molecule has 1 aliphatic heterocycles. The van der Waals surface area contributed by atoms with Crippen molar-refractivity contribution in [2.45, 2.75) is 72.6 Å². The van der Waals surface area contributed by atoms with E-state index in [0.29, 0.717) is 36.5 Å². The standard InChI is InChI=1S/C32H38F4N2O2/c1-9-16-38(17-12-10-11-13-29(39)40-31(6,7)8)30-24(5)18-23(4)21(2)14-15-22(3)25-19-26(32(34,35)36)27(33)20-28(25)37-30/h10-11,14-15,19-20H,2-3,9,12-13,16-17H2,1,4-8H3. The Morgan fingerprint density at radius 2 is 1.70 bits per heavy atom. The van der Waals surface area contributed by atoms with Crippen LogP contribution in [0.3, 0.4) is 0 Å². The van der Waals surface area contributed by atoms with Gasteiger partial charge >= 0.3 is 12.1 Å². The normalized spacial score (nSPS) is 14.8. The van der Waals surface area contributed by atoms with Gasteiger partial charge in [0.15, 0.2) is 0 Å². The molecule has 0 aromatic heterocycles. The van der Waals surface area contributed by atoms with Gasteiger partial charge in [0.25, 0.3) is 0 Å². The van der Waals surface area contributed by atoms with Crippen LogP contribution in [-0.4, -0.2) is 35.4 Å². The molecule has 0 saturated carbocycles. The second-order valence-corrected chi connectivity index (χ2v) is 10.6. The van der Waals surface area contributed by atoms with E-state index in [0.717, 1.165) is 24.1 Å². The maximum absolute atomic E-state index is 14.7. The summed E-state index contributed by atoms with van der Waals surface area (Å²) < 4.78 is 60.7. The fraction of sp³-hybridized carbons (Fsp3) is 0.406. The van der Waals surface area contributed by atoms with E-state index in [2.05, 4.69) is 18.9 Å². The Morgan fingerprint density at radius 3 is 2.30 bits per heavy atom. The number of nitrogens with zero attached hydrogens (tertiary/aromatic N) is 2. The summed E-state index contributed by atoms with van der Waals surface area (Å²) in [7, 11) is 0.